The standard InChI is InChI=1S/C17H32N2O.ClH/c1-13(14-7-6-10-18-12-14)11-16(20)19-15-8-4-5-9-17(15,2)3;/h13-15,18H,4-12H2,1-3H3,(H,19,20);1H. The Labute approximate surface area is 136 Å². The molecule has 3 unspecified atom stereocenters. The molecule has 1 saturated heterocycles. The van der Waals surface area contributed by atoms with Crippen molar-refractivity contribution >= 4 is 18.3 Å². The third-order valence-corrected chi connectivity index (χ3v) is 5.49. The Morgan fingerprint density at radius 3 is 2.67 bits per heavy atom. The summed E-state index contributed by atoms with van der Waals surface area (Å²) in [6, 6.07) is 0.375. The van der Waals surface area contributed by atoms with Gasteiger partial charge in [0.15, 0.2) is 0 Å². The van der Waals surface area contributed by atoms with E-state index in [1.165, 1.54) is 32.1 Å². The normalized spacial score (nSPS) is 30.0. The number of piperidine rings is 1. The van der Waals surface area contributed by atoms with E-state index in [2.05, 4.69) is 31.4 Å². The highest BCUT2D eigenvalue weighted by atomic mass is 35.5. The van der Waals surface area contributed by atoms with E-state index in [-0.39, 0.29) is 23.7 Å². The van der Waals surface area contributed by atoms with E-state index in [4.69, 9.17) is 0 Å². The lowest BCUT2D eigenvalue weighted by molar-refractivity contribution is -0.124. The highest BCUT2D eigenvalue weighted by Gasteiger charge is 2.33. The number of hydrogen-bond donors (Lipinski definition) is 2. The van der Waals surface area contributed by atoms with Gasteiger partial charge in [-0.2, -0.15) is 0 Å². The van der Waals surface area contributed by atoms with E-state index < -0.39 is 0 Å². The van der Waals surface area contributed by atoms with Crippen LogP contribution in [-0.4, -0.2) is 25.0 Å². The molecule has 0 aromatic carbocycles. The fourth-order valence-electron chi connectivity index (χ4n) is 3.84. The van der Waals surface area contributed by atoms with E-state index in [1.54, 1.807) is 0 Å². The molecule has 3 atom stereocenters. The molecule has 0 aromatic rings. The van der Waals surface area contributed by atoms with Gasteiger partial charge in [0, 0.05) is 12.5 Å². The average molecular weight is 317 g/mol. The molecule has 0 spiro atoms. The molecule has 0 bridgehead atoms. The second kappa shape index (κ2) is 8.38. The van der Waals surface area contributed by atoms with Crippen LogP contribution in [0, 0.1) is 17.3 Å². The van der Waals surface area contributed by atoms with E-state index >= 15 is 0 Å². The lowest BCUT2D eigenvalue weighted by atomic mass is 9.73. The smallest absolute Gasteiger partial charge is 0.220 e. The van der Waals surface area contributed by atoms with Crippen LogP contribution in [-0.2, 0) is 4.79 Å². The van der Waals surface area contributed by atoms with Gasteiger partial charge in [0.05, 0.1) is 0 Å². The summed E-state index contributed by atoms with van der Waals surface area (Å²) in [4.78, 5) is 12.3. The van der Waals surface area contributed by atoms with Gasteiger partial charge in [-0.1, -0.05) is 33.6 Å². The molecule has 1 saturated carbocycles. The zero-order valence-electron chi connectivity index (χ0n) is 13.9. The molecule has 1 aliphatic carbocycles. The predicted octanol–water partition coefficient (Wildman–Crippen LogP) is 3.52. The maximum Gasteiger partial charge on any atom is 0.220 e. The molecule has 1 aliphatic heterocycles. The maximum absolute atomic E-state index is 12.3. The minimum absolute atomic E-state index is 0. The molecule has 0 radical (unpaired) electrons. The van der Waals surface area contributed by atoms with Crippen molar-refractivity contribution in [2.45, 2.75) is 71.8 Å². The molecule has 2 aliphatic rings. The van der Waals surface area contributed by atoms with E-state index in [0.29, 0.717) is 24.3 Å². The van der Waals surface area contributed by atoms with Crippen LogP contribution in [0.1, 0.15) is 65.7 Å². The molecule has 2 N–H and O–H groups in total. The van der Waals surface area contributed by atoms with Crippen molar-refractivity contribution in [2.24, 2.45) is 17.3 Å². The number of carbonyl (C=O) groups excluding carboxylic acids is 1. The first kappa shape index (κ1) is 18.8. The van der Waals surface area contributed by atoms with Gasteiger partial charge >= 0.3 is 0 Å². The van der Waals surface area contributed by atoms with Crippen molar-refractivity contribution in [1.82, 2.24) is 10.6 Å². The second-order valence-electron chi connectivity index (χ2n) is 7.64. The quantitative estimate of drug-likeness (QED) is 0.833. The molecule has 21 heavy (non-hydrogen) atoms. The highest BCUT2D eigenvalue weighted by molar-refractivity contribution is 5.85. The summed E-state index contributed by atoms with van der Waals surface area (Å²) in [7, 11) is 0. The number of carbonyl (C=O) groups is 1. The van der Waals surface area contributed by atoms with Crippen molar-refractivity contribution < 1.29 is 4.79 Å². The lowest BCUT2D eigenvalue weighted by Gasteiger charge is -2.39. The van der Waals surface area contributed by atoms with Crippen LogP contribution in [0.15, 0.2) is 0 Å². The molecule has 0 aromatic heterocycles. The summed E-state index contributed by atoms with van der Waals surface area (Å²) in [6.45, 7) is 9.06. The third kappa shape index (κ3) is 5.45. The third-order valence-electron chi connectivity index (χ3n) is 5.49. The van der Waals surface area contributed by atoms with E-state index in [0.717, 1.165) is 19.5 Å². The lowest BCUT2D eigenvalue weighted by Crippen LogP contribution is -2.47. The van der Waals surface area contributed by atoms with Crippen molar-refractivity contribution in [3.05, 3.63) is 0 Å². The van der Waals surface area contributed by atoms with Crippen molar-refractivity contribution in [3.8, 4) is 0 Å². The molecule has 4 heteroatoms. The topological polar surface area (TPSA) is 41.1 Å². The van der Waals surface area contributed by atoms with Gasteiger partial charge in [0.1, 0.15) is 0 Å². The molecule has 2 rings (SSSR count). The van der Waals surface area contributed by atoms with Crippen molar-refractivity contribution in [1.29, 1.82) is 0 Å². The van der Waals surface area contributed by atoms with E-state index in [1.807, 2.05) is 0 Å². The molecule has 1 amide bonds. The number of rotatable bonds is 4. The predicted molar refractivity (Wildman–Crippen MR) is 90.8 cm³/mol. The van der Waals surface area contributed by atoms with Crippen LogP contribution in [0.3, 0.4) is 0 Å². The van der Waals surface area contributed by atoms with Crippen LogP contribution in [0.5, 0.6) is 0 Å². The summed E-state index contributed by atoms with van der Waals surface area (Å²) in [5.74, 6) is 1.44. The Morgan fingerprint density at radius 1 is 1.29 bits per heavy atom. The SMILES string of the molecule is CC(CC(=O)NC1CCCCC1(C)C)C1CCCNC1.Cl. The van der Waals surface area contributed by atoms with Gasteiger partial charge < -0.3 is 10.6 Å². The van der Waals surface area contributed by atoms with Crippen LogP contribution < -0.4 is 10.6 Å². The van der Waals surface area contributed by atoms with Gasteiger partial charge in [-0.25, -0.2) is 0 Å². The monoisotopic (exact) mass is 316 g/mol. The molecule has 3 nitrogen and oxygen atoms in total. The van der Waals surface area contributed by atoms with Crippen molar-refractivity contribution in [3.63, 3.8) is 0 Å². The average Bonchev–Trinajstić information content (AvgIpc) is 2.42. The molecule has 2 fully saturated rings. The Balaban J connectivity index is 0.00000220. The molecule has 1 heterocycles. The minimum atomic E-state index is 0. The Morgan fingerprint density at radius 2 is 2.05 bits per heavy atom. The Bertz CT molecular complexity index is 327. The summed E-state index contributed by atoms with van der Waals surface area (Å²) in [6.07, 6.45) is 8.18. The first-order valence-corrected chi connectivity index (χ1v) is 8.49. The molecular formula is C17H33ClN2O. The first-order valence-electron chi connectivity index (χ1n) is 8.49. The summed E-state index contributed by atoms with van der Waals surface area (Å²) >= 11 is 0. The van der Waals surface area contributed by atoms with Crippen LogP contribution in [0.2, 0.25) is 0 Å². The highest BCUT2D eigenvalue weighted by Crippen LogP contribution is 2.35. The van der Waals surface area contributed by atoms with Crippen molar-refractivity contribution in [2.75, 3.05) is 13.1 Å². The number of amides is 1. The van der Waals surface area contributed by atoms with Gasteiger partial charge in [0.25, 0.3) is 0 Å². The largest absolute Gasteiger partial charge is 0.353 e. The number of halogens is 1. The maximum atomic E-state index is 12.3. The number of nitrogens with one attached hydrogen (secondary N) is 2. The van der Waals surface area contributed by atoms with E-state index in [9.17, 15) is 4.79 Å². The van der Waals surface area contributed by atoms with Crippen LogP contribution in [0.25, 0.3) is 0 Å². The number of hydrogen-bond acceptors (Lipinski definition) is 2. The first-order chi connectivity index (χ1) is 9.49. The van der Waals surface area contributed by atoms with Crippen LogP contribution in [0.4, 0.5) is 0 Å². The summed E-state index contributed by atoms with van der Waals surface area (Å²) in [5.41, 5.74) is 0.267. The summed E-state index contributed by atoms with van der Waals surface area (Å²) in [5, 5.41) is 6.77. The minimum Gasteiger partial charge on any atom is -0.353 e. The zero-order valence-corrected chi connectivity index (χ0v) is 14.7. The zero-order chi connectivity index (χ0) is 14.6. The Kier molecular flexibility index (Phi) is 7.49. The Hall–Kier alpha value is -0.280. The van der Waals surface area contributed by atoms with Gasteiger partial charge in [-0.05, 0) is 56.0 Å². The fraction of sp³-hybridized carbons (Fsp3) is 0.941. The van der Waals surface area contributed by atoms with Gasteiger partial charge in [-0.15, -0.1) is 12.4 Å². The van der Waals surface area contributed by atoms with Gasteiger partial charge in [0.2, 0.25) is 5.91 Å². The fourth-order valence-corrected chi connectivity index (χ4v) is 3.84. The summed E-state index contributed by atoms with van der Waals surface area (Å²) < 4.78 is 0. The van der Waals surface area contributed by atoms with Crippen LogP contribution >= 0.6 is 12.4 Å². The molecular weight excluding hydrogens is 284 g/mol. The van der Waals surface area contributed by atoms with Gasteiger partial charge in [-0.3, -0.25) is 4.79 Å². The molecule has 124 valence electrons. The second-order valence-corrected chi connectivity index (χ2v) is 7.64.